The smallest absolute Gasteiger partial charge is 0.326 e. The minimum atomic E-state index is -1.11. The lowest BCUT2D eigenvalue weighted by Crippen LogP contribution is -2.52. The standard InChI is InChI=1S/C15H16ClNO5/c1-3-10(15(20)21)17-11-6-9(12(18)7-16)4-5-13(11)22-8(2)14(17)19/h4-6,8,10H,3,7H2,1-2H3,(H,20,21). The van der Waals surface area contributed by atoms with E-state index in [-0.39, 0.29) is 23.8 Å². The summed E-state index contributed by atoms with van der Waals surface area (Å²) in [4.78, 5) is 36.7. The lowest BCUT2D eigenvalue weighted by Gasteiger charge is -2.36. The number of hydrogen-bond acceptors (Lipinski definition) is 4. The maximum Gasteiger partial charge on any atom is 0.326 e. The molecule has 118 valence electrons. The number of carboxylic acid groups (broad SMARTS) is 1. The maximum absolute atomic E-state index is 12.4. The van der Waals surface area contributed by atoms with E-state index in [0.717, 1.165) is 0 Å². The van der Waals surface area contributed by atoms with E-state index in [2.05, 4.69) is 0 Å². The van der Waals surface area contributed by atoms with Gasteiger partial charge in [-0.1, -0.05) is 6.92 Å². The Morgan fingerprint density at radius 3 is 2.68 bits per heavy atom. The van der Waals surface area contributed by atoms with E-state index >= 15 is 0 Å². The van der Waals surface area contributed by atoms with Crippen LogP contribution >= 0.6 is 11.6 Å². The summed E-state index contributed by atoms with van der Waals surface area (Å²) >= 11 is 5.54. The van der Waals surface area contributed by atoms with Crippen molar-refractivity contribution >= 4 is 34.9 Å². The number of hydrogen-bond donors (Lipinski definition) is 1. The van der Waals surface area contributed by atoms with Gasteiger partial charge in [-0.05, 0) is 31.5 Å². The van der Waals surface area contributed by atoms with Crippen LogP contribution < -0.4 is 9.64 Å². The summed E-state index contributed by atoms with van der Waals surface area (Å²) in [6.07, 6.45) is -0.545. The number of rotatable bonds is 5. The van der Waals surface area contributed by atoms with Crippen molar-refractivity contribution in [2.24, 2.45) is 0 Å². The van der Waals surface area contributed by atoms with Gasteiger partial charge in [-0.2, -0.15) is 0 Å². The third kappa shape index (κ3) is 2.78. The third-order valence-corrected chi connectivity index (χ3v) is 3.78. The molecule has 1 amide bonds. The molecule has 1 heterocycles. The molecule has 0 spiro atoms. The number of alkyl halides is 1. The first-order valence-corrected chi connectivity index (χ1v) is 7.39. The van der Waals surface area contributed by atoms with E-state index in [1.165, 1.54) is 11.0 Å². The maximum atomic E-state index is 12.4. The molecule has 2 rings (SSSR count). The molecular weight excluding hydrogens is 310 g/mol. The summed E-state index contributed by atoms with van der Waals surface area (Å²) in [6.45, 7) is 3.24. The van der Waals surface area contributed by atoms with Gasteiger partial charge in [-0.15, -0.1) is 11.6 Å². The van der Waals surface area contributed by atoms with Crippen molar-refractivity contribution in [3.05, 3.63) is 23.8 Å². The second-order valence-electron chi connectivity index (χ2n) is 4.97. The molecule has 0 fully saturated rings. The zero-order chi connectivity index (χ0) is 16.4. The van der Waals surface area contributed by atoms with Crippen LogP contribution in [0.1, 0.15) is 30.6 Å². The van der Waals surface area contributed by atoms with Gasteiger partial charge in [0.25, 0.3) is 5.91 Å². The van der Waals surface area contributed by atoms with Gasteiger partial charge in [0.1, 0.15) is 11.8 Å². The number of nitrogens with zero attached hydrogens (tertiary/aromatic N) is 1. The van der Waals surface area contributed by atoms with Crippen LogP contribution in [0.5, 0.6) is 5.75 Å². The predicted molar refractivity (Wildman–Crippen MR) is 80.8 cm³/mol. The number of Topliss-reactive ketones (excluding diaryl/α,β-unsaturated/α-hetero) is 1. The fourth-order valence-electron chi connectivity index (χ4n) is 2.40. The third-order valence-electron chi connectivity index (χ3n) is 3.53. The molecule has 2 atom stereocenters. The Morgan fingerprint density at radius 1 is 1.45 bits per heavy atom. The minimum absolute atomic E-state index is 0.194. The monoisotopic (exact) mass is 325 g/mol. The minimum Gasteiger partial charge on any atom is -0.480 e. The summed E-state index contributed by atoms with van der Waals surface area (Å²) < 4.78 is 5.49. The molecule has 0 aliphatic carbocycles. The first-order chi connectivity index (χ1) is 10.4. The van der Waals surface area contributed by atoms with Crippen LogP contribution in [0.15, 0.2) is 18.2 Å². The Kier molecular flexibility index (Phi) is 4.71. The van der Waals surface area contributed by atoms with Crippen LogP contribution in [0.3, 0.4) is 0 Å². The van der Waals surface area contributed by atoms with Crippen molar-refractivity contribution in [3.8, 4) is 5.75 Å². The number of fused-ring (bicyclic) bond motifs is 1. The molecule has 1 aromatic carbocycles. The normalized spacial score (nSPS) is 18.4. The largest absolute Gasteiger partial charge is 0.480 e. The Labute approximate surface area is 132 Å². The summed E-state index contributed by atoms with van der Waals surface area (Å²) in [5.41, 5.74) is 0.596. The van der Waals surface area contributed by atoms with Gasteiger partial charge in [0.15, 0.2) is 11.9 Å². The van der Waals surface area contributed by atoms with E-state index in [4.69, 9.17) is 16.3 Å². The molecule has 22 heavy (non-hydrogen) atoms. The molecule has 0 aromatic heterocycles. The predicted octanol–water partition coefficient (Wildman–Crippen LogP) is 2.09. The highest BCUT2D eigenvalue weighted by Crippen LogP contribution is 2.37. The molecule has 0 radical (unpaired) electrons. The number of anilines is 1. The van der Waals surface area contributed by atoms with E-state index in [9.17, 15) is 19.5 Å². The fraction of sp³-hybridized carbons (Fsp3) is 0.400. The van der Waals surface area contributed by atoms with Gasteiger partial charge >= 0.3 is 5.97 Å². The van der Waals surface area contributed by atoms with Gasteiger partial charge in [0.05, 0.1) is 11.6 Å². The van der Waals surface area contributed by atoms with Crippen LogP contribution in [0.25, 0.3) is 0 Å². The average Bonchev–Trinajstić information content (AvgIpc) is 2.50. The van der Waals surface area contributed by atoms with Crippen LogP contribution in [0.4, 0.5) is 5.69 Å². The molecule has 0 saturated carbocycles. The fourth-order valence-corrected chi connectivity index (χ4v) is 2.55. The van der Waals surface area contributed by atoms with Crippen LogP contribution in [-0.4, -0.2) is 40.8 Å². The van der Waals surface area contributed by atoms with Gasteiger partial charge in [-0.3, -0.25) is 14.5 Å². The number of carbonyl (C=O) groups is 3. The lowest BCUT2D eigenvalue weighted by molar-refractivity contribution is -0.141. The summed E-state index contributed by atoms with van der Waals surface area (Å²) in [7, 11) is 0. The number of ketones is 1. The summed E-state index contributed by atoms with van der Waals surface area (Å²) in [5.74, 6) is -1.68. The van der Waals surface area contributed by atoms with Gasteiger partial charge in [-0.25, -0.2) is 4.79 Å². The summed E-state index contributed by atoms with van der Waals surface area (Å²) in [5, 5.41) is 9.36. The van der Waals surface area contributed by atoms with Crippen LogP contribution in [0, 0.1) is 0 Å². The Balaban J connectivity index is 2.57. The number of halogens is 1. The first-order valence-electron chi connectivity index (χ1n) is 6.86. The average molecular weight is 326 g/mol. The van der Waals surface area contributed by atoms with E-state index in [1.54, 1.807) is 26.0 Å². The molecule has 1 aromatic rings. The highest BCUT2D eigenvalue weighted by molar-refractivity contribution is 6.30. The van der Waals surface area contributed by atoms with Crippen molar-refractivity contribution in [2.45, 2.75) is 32.4 Å². The van der Waals surface area contributed by atoms with E-state index < -0.39 is 24.0 Å². The second kappa shape index (κ2) is 6.36. The van der Waals surface area contributed by atoms with Gasteiger partial charge in [0.2, 0.25) is 0 Å². The Morgan fingerprint density at radius 2 is 2.14 bits per heavy atom. The number of ether oxygens (including phenoxy) is 1. The molecule has 0 saturated heterocycles. The molecular formula is C15H16ClNO5. The highest BCUT2D eigenvalue weighted by Gasteiger charge is 2.38. The number of aliphatic carboxylic acids is 1. The lowest BCUT2D eigenvalue weighted by atomic mass is 10.0. The Bertz CT molecular complexity index is 630. The van der Waals surface area contributed by atoms with Gasteiger partial charge < -0.3 is 9.84 Å². The van der Waals surface area contributed by atoms with Crippen molar-refractivity contribution < 1.29 is 24.2 Å². The molecule has 0 bridgehead atoms. The van der Waals surface area contributed by atoms with E-state index in [0.29, 0.717) is 11.3 Å². The molecule has 2 unspecified atom stereocenters. The topological polar surface area (TPSA) is 83.9 Å². The second-order valence-corrected chi connectivity index (χ2v) is 5.24. The van der Waals surface area contributed by atoms with Gasteiger partial charge in [0, 0.05) is 5.56 Å². The quantitative estimate of drug-likeness (QED) is 0.662. The molecule has 1 aliphatic heterocycles. The first kappa shape index (κ1) is 16.3. The number of carbonyl (C=O) groups excluding carboxylic acids is 2. The summed E-state index contributed by atoms with van der Waals surface area (Å²) in [6, 6.07) is 3.54. The molecule has 1 N–H and O–H groups in total. The van der Waals surface area contributed by atoms with Crippen LogP contribution in [-0.2, 0) is 9.59 Å². The Hall–Kier alpha value is -2.08. The molecule has 6 nitrogen and oxygen atoms in total. The SMILES string of the molecule is CCC(C(=O)O)N1C(=O)C(C)Oc2ccc(C(=O)CCl)cc21. The highest BCUT2D eigenvalue weighted by atomic mass is 35.5. The van der Waals surface area contributed by atoms with Crippen molar-refractivity contribution in [3.63, 3.8) is 0 Å². The van der Waals surface area contributed by atoms with Crippen molar-refractivity contribution in [1.29, 1.82) is 0 Å². The number of carboxylic acids is 1. The van der Waals surface area contributed by atoms with Crippen molar-refractivity contribution in [2.75, 3.05) is 10.8 Å². The van der Waals surface area contributed by atoms with Crippen LogP contribution in [0.2, 0.25) is 0 Å². The van der Waals surface area contributed by atoms with E-state index in [1.807, 2.05) is 0 Å². The van der Waals surface area contributed by atoms with Crippen molar-refractivity contribution in [1.82, 2.24) is 0 Å². The zero-order valence-corrected chi connectivity index (χ0v) is 13.0. The molecule has 7 heteroatoms. The zero-order valence-electron chi connectivity index (χ0n) is 12.2. The number of amides is 1. The number of benzene rings is 1. The molecule has 1 aliphatic rings.